The van der Waals surface area contributed by atoms with Crippen LogP contribution in [0.4, 0.5) is 0 Å². The highest BCUT2D eigenvalue weighted by molar-refractivity contribution is 15.0. The summed E-state index contributed by atoms with van der Waals surface area (Å²) in [4.78, 5) is 12.2. The number of halogens is 2. The molecule has 0 fully saturated rings. The molecule has 0 radical (unpaired) electrons. The molecular formula is C6H13I2NO. The summed E-state index contributed by atoms with van der Waals surface area (Å²) in [5.74, 6) is 0.125. The van der Waals surface area contributed by atoms with Gasteiger partial charge in [-0.1, -0.05) is 0 Å². The highest BCUT2D eigenvalue weighted by Gasteiger charge is 2.03. The topological polar surface area (TPSA) is 20.3 Å². The van der Waals surface area contributed by atoms with Crippen LogP contribution in [-0.2, 0) is 4.79 Å². The SMILES string of the molecule is CC(=O)N(C)C(C)C.II. The number of rotatable bonds is 1. The Labute approximate surface area is 86.1 Å². The molecule has 62 valence electrons. The third-order valence-corrected chi connectivity index (χ3v) is 1.27. The maximum atomic E-state index is 10.5. The number of hydrogen-bond acceptors (Lipinski definition) is 1. The lowest BCUT2D eigenvalue weighted by Crippen LogP contribution is -2.30. The fourth-order valence-corrected chi connectivity index (χ4v) is 0.364. The number of hydrogen-bond donors (Lipinski definition) is 0. The fraction of sp³-hybridized carbons (Fsp3) is 0.833. The molecule has 0 atom stereocenters. The van der Waals surface area contributed by atoms with Crippen LogP contribution in [0.2, 0.25) is 0 Å². The van der Waals surface area contributed by atoms with E-state index in [2.05, 4.69) is 37.2 Å². The van der Waals surface area contributed by atoms with Gasteiger partial charge < -0.3 is 4.90 Å². The summed E-state index contributed by atoms with van der Waals surface area (Å²) < 4.78 is 0. The Morgan fingerprint density at radius 3 is 1.70 bits per heavy atom. The van der Waals surface area contributed by atoms with Gasteiger partial charge in [-0.05, 0) is 13.8 Å². The fourth-order valence-electron chi connectivity index (χ4n) is 0.364. The van der Waals surface area contributed by atoms with E-state index in [0.717, 1.165) is 0 Å². The second-order valence-corrected chi connectivity index (χ2v) is 2.22. The van der Waals surface area contributed by atoms with E-state index in [1.807, 2.05) is 13.8 Å². The minimum atomic E-state index is 0.125. The first-order valence-electron chi connectivity index (χ1n) is 2.93. The Balaban J connectivity index is 0. The number of carbonyl (C=O) groups is 1. The molecule has 0 saturated heterocycles. The van der Waals surface area contributed by atoms with Crippen molar-refractivity contribution in [3.63, 3.8) is 0 Å². The Morgan fingerprint density at radius 2 is 1.70 bits per heavy atom. The molecule has 0 aromatic heterocycles. The predicted molar refractivity (Wildman–Crippen MR) is 61.6 cm³/mol. The van der Waals surface area contributed by atoms with Crippen LogP contribution in [0.25, 0.3) is 0 Å². The van der Waals surface area contributed by atoms with Gasteiger partial charge >= 0.3 is 0 Å². The van der Waals surface area contributed by atoms with E-state index in [0.29, 0.717) is 6.04 Å². The molecule has 0 aliphatic heterocycles. The van der Waals surface area contributed by atoms with E-state index in [-0.39, 0.29) is 5.91 Å². The van der Waals surface area contributed by atoms with Crippen LogP contribution in [0.3, 0.4) is 0 Å². The summed E-state index contributed by atoms with van der Waals surface area (Å²) in [6, 6.07) is 0.326. The zero-order valence-corrected chi connectivity index (χ0v) is 11.0. The van der Waals surface area contributed by atoms with Crippen LogP contribution >= 0.6 is 37.2 Å². The van der Waals surface area contributed by atoms with E-state index >= 15 is 0 Å². The van der Waals surface area contributed by atoms with Crippen LogP contribution in [0, 0.1) is 0 Å². The lowest BCUT2D eigenvalue weighted by Gasteiger charge is -2.18. The summed E-state index contributed by atoms with van der Waals surface area (Å²) in [5, 5.41) is 0. The van der Waals surface area contributed by atoms with Crippen LogP contribution in [0.5, 0.6) is 0 Å². The van der Waals surface area contributed by atoms with Gasteiger partial charge in [-0.15, -0.1) is 0 Å². The van der Waals surface area contributed by atoms with Gasteiger partial charge in [0, 0.05) is 57.2 Å². The van der Waals surface area contributed by atoms with E-state index in [9.17, 15) is 4.79 Å². The van der Waals surface area contributed by atoms with Crippen molar-refractivity contribution in [2.75, 3.05) is 7.05 Å². The molecular weight excluding hydrogens is 356 g/mol. The minimum absolute atomic E-state index is 0.125. The average molecular weight is 369 g/mol. The molecule has 0 spiro atoms. The second kappa shape index (κ2) is 8.03. The Kier molecular flexibility index (Phi) is 10.9. The lowest BCUT2D eigenvalue weighted by molar-refractivity contribution is -0.128. The molecule has 2 nitrogen and oxygen atoms in total. The molecule has 10 heavy (non-hydrogen) atoms. The minimum Gasteiger partial charge on any atom is -0.344 e. The molecule has 1 amide bonds. The lowest BCUT2D eigenvalue weighted by atomic mass is 10.3. The molecule has 0 aliphatic carbocycles. The smallest absolute Gasteiger partial charge is 0.219 e. The average Bonchev–Trinajstić information content (AvgIpc) is 1.90. The van der Waals surface area contributed by atoms with Gasteiger partial charge in [-0.25, -0.2) is 0 Å². The van der Waals surface area contributed by atoms with Crippen LogP contribution in [0.1, 0.15) is 20.8 Å². The monoisotopic (exact) mass is 369 g/mol. The van der Waals surface area contributed by atoms with Crippen molar-refractivity contribution in [1.29, 1.82) is 0 Å². The standard InChI is InChI=1S/C6H13NO.I2/c1-5(2)7(4)6(3)8;1-2/h5H,1-4H3;. The zero-order valence-electron chi connectivity index (χ0n) is 6.69. The molecule has 0 aliphatic rings. The van der Waals surface area contributed by atoms with Crippen LogP contribution < -0.4 is 0 Å². The Hall–Kier alpha value is 0.930. The Bertz CT molecular complexity index is 95.7. The molecule has 0 bridgehead atoms. The summed E-state index contributed by atoms with van der Waals surface area (Å²) in [5.41, 5.74) is 0. The first kappa shape index (κ1) is 13.5. The van der Waals surface area contributed by atoms with Crippen molar-refractivity contribution in [2.45, 2.75) is 26.8 Å². The van der Waals surface area contributed by atoms with E-state index in [1.165, 1.54) is 0 Å². The van der Waals surface area contributed by atoms with E-state index in [4.69, 9.17) is 0 Å². The molecule has 0 heterocycles. The number of nitrogens with zero attached hydrogens (tertiary/aromatic N) is 1. The summed E-state index contributed by atoms with van der Waals surface area (Å²) in [6.45, 7) is 5.54. The number of carbonyl (C=O) groups excluding carboxylic acids is 1. The maximum Gasteiger partial charge on any atom is 0.219 e. The van der Waals surface area contributed by atoms with Crippen molar-refractivity contribution in [3.05, 3.63) is 0 Å². The predicted octanol–water partition coefficient (Wildman–Crippen LogP) is 2.64. The largest absolute Gasteiger partial charge is 0.344 e. The van der Waals surface area contributed by atoms with Gasteiger partial charge in [0.15, 0.2) is 0 Å². The molecule has 0 N–H and O–H groups in total. The first-order valence-corrected chi connectivity index (χ1v) is 9.22. The van der Waals surface area contributed by atoms with Crippen molar-refractivity contribution >= 4 is 43.1 Å². The maximum absolute atomic E-state index is 10.5. The molecule has 0 aromatic rings. The third kappa shape index (κ3) is 7.04. The molecule has 4 heteroatoms. The molecule has 0 aromatic carbocycles. The normalized spacial score (nSPS) is 8.30. The van der Waals surface area contributed by atoms with E-state index in [1.54, 1.807) is 18.9 Å². The molecule has 0 saturated carbocycles. The van der Waals surface area contributed by atoms with Gasteiger partial charge in [0.25, 0.3) is 0 Å². The van der Waals surface area contributed by atoms with Gasteiger partial charge in [-0.3, -0.25) is 4.79 Å². The Morgan fingerprint density at radius 1 is 1.40 bits per heavy atom. The van der Waals surface area contributed by atoms with Crippen LogP contribution in [0.15, 0.2) is 0 Å². The van der Waals surface area contributed by atoms with Gasteiger partial charge in [0.2, 0.25) is 5.91 Å². The first-order chi connectivity index (χ1) is 4.55. The van der Waals surface area contributed by atoms with Crippen LogP contribution in [-0.4, -0.2) is 23.9 Å². The van der Waals surface area contributed by atoms with Crippen molar-refractivity contribution < 1.29 is 4.79 Å². The van der Waals surface area contributed by atoms with E-state index < -0.39 is 0 Å². The quantitative estimate of drug-likeness (QED) is 0.651. The zero-order chi connectivity index (χ0) is 8.73. The van der Waals surface area contributed by atoms with Gasteiger partial charge in [-0.2, -0.15) is 0 Å². The molecule has 0 rings (SSSR count). The van der Waals surface area contributed by atoms with Crippen molar-refractivity contribution in [2.24, 2.45) is 0 Å². The summed E-state index contributed by atoms with van der Waals surface area (Å²) in [7, 11) is 1.80. The van der Waals surface area contributed by atoms with Gasteiger partial charge in [0.1, 0.15) is 0 Å². The highest BCUT2D eigenvalue weighted by atomic mass is 128. The van der Waals surface area contributed by atoms with Gasteiger partial charge in [0.05, 0.1) is 0 Å². The molecule has 0 unspecified atom stereocenters. The van der Waals surface area contributed by atoms with Crippen molar-refractivity contribution in [3.8, 4) is 0 Å². The highest BCUT2D eigenvalue weighted by Crippen LogP contribution is 1.91. The van der Waals surface area contributed by atoms with Crippen molar-refractivity contribution in [1.82, 2.24) is 4.90 Å². The summed E-state index contributed by atoms with van der Waals surface area (Å²) in [6.07, 6.45) is 0. The third-order valence-electron chi connectivity index (χ3n) is 1.27. The number of amides is 1. The summed E-state index contributed by atoms with van der Waals surface area (Å²) >= 11 is 4.24. The second-order valence-electron chi connectivity index (χ2n) is 2.22.